The Balaban J connectivity index is 1.70. The minimum atomic E-state index is -0.204. The molecule has 1 amide bonds. The van der Waals surface area contributed by atoms with Crippen molar-refractivity contribution in [3.63, 3.8) is 0 Å². The van der Waals surface area contributed by atoms with Gasteiger partial charge in [0.15, 0.2) is 5.16 Å². The molecule has 5 nitrogen and oxygen atoms in total. The Morgan fingerprint density at radius 2 is 1.85 bits per heavy atom. The van der Waals surface area contributed by atoms with Gasteiger partial charge in [0, 0.05) is 11.3 Å². The van der Waals surface area contributed by atoms with Gasteiger partial charge >= 0.3 is 0 Å². The second-order valence-electron chi connectivity index (χ2n) is 6.04. The van der Waals surface area contributed by atoms with E-state index < -0.39 is 0 Å². The number of aryl methyl sites for hydroxylation is 2. The molecule has 0 bridgehead atoms. The van der Waals surface area contributed by atoms with E-state index in [9.17, 15) is 4.79 Å². The first-order valence-electron chi connectivity index (χ1n) is 8.39. The molecule has 1 N–H and O–H groups in total. The van der Waals surface area contributed by atoms with Crippen LogP contribution >= 0.6 is 11.8 Å². The molecule has 134 valence electrons. The molecule has 0 saturated carbocycles. The number of para-hydroxylation sites is 1. The van der Waals surface area contributed by atoms with Crippen LogP contribution in [0.3, 0.4) is 0 Å². The summed E-state index contributed by atoms with van der Waals surface area (Å²) in [5, 5.41) is 12.4. The molecule has 1 aromatic heterocycles. The number of hydrogen-bond acceptors (Lipinski definition) is 5. The molecule has 1 heterocycles. The first-order valence-corrected chi connectivity index (χ1v) is 9.38. The second kappa shape index (κ2) is 8.47. The number of amides is 1. The van der Waals surface area contributed by atoms with Crippen LogP contribution < -0.4 is 5.32 Å². The SMILES string of the molecule is Cc1ccc(-c2cc(C)nc(SCC(=O)Nc3ccccc3C#N)n2)cc1. The topological polar surface area (TPSA) is 78.7 Å². The number of nitrogens with one attached hydrogen (secondary N) is 1. The second-order valence-corrected chi connectivity index (χ2v) is 6.98. The van der Waals surface area contributed by atoms with E-state index in [1.165, 1.54) is 17.3 Å². The maximum absolute atomic E-state index is 12.2. The minimum Gasteiger partial charge on any atom is -0.324 e. The standard InChI is InChI=1S/C21H18N4OS/c1-14-7-9-16(10-8-14)19-11-15(2)23-21(25-19)27-13-20(26)24-18-6-4-3-5-17(18)12-22/h3-11H,13H2,1-2H3,(H,24,26). The van der Waals surface area contributed by atoms with E-state index in [-0.39, 0.29) is 11.7 Å². The number of anilines is 1. The number of hydrogen-bond donors (Lipinski definition) is 1. The number of carbonyl (C=O) groups excluding carboxylic acids is 1. The number of nitriles is 1. The fourth-order valence-electron chi connectivity index (χ4n) is 2.48. The zero-order chi connectivity index (χ0) is 19.2. The molecule has 0 unspecified atom stereocenters. The van der Waals surface area contributed by atoms with Crippen molar-refractivity contribution in [1.82, 2.24) is 9.97 Å². The van der Waals surface area contributed by atoms with E-state index in [0.717, 1.165) is 17.0 Å². The highest BCUT2D eigenvalue weighted by molar-refractivity contribution is 7.99. The minimum absolute atomic E-state index is 0.163. The molecule has 0 radical (unpaired) electrons. The van der Waals surface area contributed by atoms with E-state index in [4.69, 9.17) is 5.26 Å². The summed E-state index contributed by atoms with van der Waals surface area (Å²) < 4.78 is 0. The Bertz CT molecular complexity index is 1010. The maximum Gasteiger partial charge on any atom is 0.234 e. The first-order chi connectivity index (χ1) is 13.0. The van der Waals surface area contributed by atoms with E-state index in [2.05, 4.69) is 21.4 Å². The average molecular weight is 374 g/mol. The van der Waals surface area contributed by atoms with E-state index in [1.807, 2.05) is 44.2 Å². The summed E-state index contributed by atoms with van der Waals surface area (Å²) in [5.41, 5.74) is 4.83. The fourth-order valence-corrected chi connectivity index (χ4v) is 3.19. The van der Waals surface area contributed by atoms with Crippen LogP contribution in [-0.4, -0.2) is 21.6 Å². The molecule has 0 aliphatic rings. The Labute approximate surface area is 162 Å². The highest BCUT2D eigenvalue weighted by Crippen LogP contribution is 2.22. The third kappa shape index (κ3) is 4.93. The van der Waals surface area contributed by atoms with Crippen molar-refractivity contribution in [2.24, 2.45) is 0 Å². The molecule has 3 aromatic rings. The van der Waals surface area contributed by atoms with Gasteiger partial charge in [0.1, 0.15) is 6.07 Å². The van der Waals surface area contributed by atoms with Crippen molar-refractivity contribution >= 4 is 23.4 Å². The monoisotopic (exact) mass is 374 g/mol. The quantitative estimate of drug-likeness (QED) is 0.530. The van der Waals surface area contributed by atoms with Crippen molar-refractivity contribution in [2.75, 3.05) is 11.1 Å². The van der Waals surface area contributed by atoms with Crippen LogP contribution in [0.25, 0.3) is 11.3 Å². The van der Waals surface area contributed by atoms with Crippen molar-refractivity contribution in [3.05, 3.63) is 71.4 Å². The Morgan fingerprint density at radius 1 is 1.11 bits per heavy atom. The lowest BCUT2D eigenvalue weighted by Crippen LogP contribution is -2.15. The molecule has 2 aromatic carbocycles. The van der Waals surface area contributed by atoms with E-state index >= 15 is 0 Å². The first kappa shape index (κ1) is 18.6. The summed E-state index contributed by atoms with van der Waals surface area (Å²) in [6.07, 6.45) is 0. The molecule has 3 rings (SSSR count). The molecule has 0 spiro atoms. The van der Waals surface area contributed by atoms with Gasteiger partial charge in [-0.1, -0.05) is 53.7 Å². The zero-order valence-electron chi connectivity index (χ0n) is 15.1. The van der Waals surface area contributed by atoms with Gasteiger partial charge in [0.2, 0.25) is 5.91 Å². The molecular formula is C21H18N4OS. The average Bonchev–Trinajstić information content (AvgIpc) is 2.67. The number of nitrogens with zero attached hydrogens (tertiary/aromatic N) is 3. The number of thioether (sulfide) groups is 1. The molecule has 6 heteroatoms. The molecule has 27 heavy (non-hydrogen) atoms. The molecule has 0 aliphatic carbocycles. The Hall–Kier alpha value is -3.17. The van der Waals surface area contributed by atoms with Crippen molar-refractivity contribution in [3.8, 4) is 17.3 Å². The van der Waals surface area contributed by atoms with Crippen LogP contribution in [0.15, 0.2) is 59.8 Å². The number of rotatable bonds is 5. The number of carbonyl (C=O) groups is 1. The predicted molar refractivity (Wildman–Crippen MR) is 107 cm³/mol. The normalized spacial score (nSPS) is 10.3. The highest BCUT2D eigenvalue weighted by Gasteiger charge is 2.10. The molecule has 0 saturated heterocycles. The lowest BCUT2D eigenvalue weighted by Gasteiger charge is -2.08. The summed E-state index contributed by atoms with van der Waals surface area (Å²) in [6, 6.07) is 19.0. The Morgan fingerprint density at radius 3 is 2.59 bits per heavy atom. The van der Waals surface area contributed by atoms with Gasteiger partial charge < -0.3 is 5.32 Å². The number of benzene rings is 2. The van der Waals surface area contributed by atoms with Crippen molar-refractivity contribution < 1.29 is 4.79 Å². The third-order valence-corrected chi connectivity index (χ3v) is 4.68. The van der Waals surface area contributed by atoms with Gasteiger partial charge in [0.25, 0.3) is 0 Å². The van der Waals surface area contributed by atoms with Crippen molar-refractivity contribution in [1.29, 1.82) is 5.26 Å². The maximum atomic E-state index is 12.2. The third-order valence-electron chi connectivity index (χ3n) is 3.83. The van der Waals surface area contributed by atoms with E-state index in [0.29, 0.717) is 16.4 Å². The van der Waals surface area contributed by atoms with Crippen LogP contribution in [0.1, 0.15) is 16.8 Å². The summed E-state index contributed by atoms with van der Waals surface area (Å²) in [7, 11) is 0. The van der Waals surface area contributed by atoms with Gasteiger partial charge in [-0.25, -0.2) is 9.97 Å². The zero-order valence-corrected chi connectivity index (χ0v) is 15.9. The highest BCUT2D eigenvalue weighted by atomic mass is 32.2. The lowest BCUT2D eigenvalue weighted by atomic mass is 10.1. The smallest absolute Gasteiger partial charge is 0.234 e. The predicted octanol–water partition coefficient (Wildman–Crippen LogP) is 4.36. The summed E-state index contributed by atoms with van der Waals surface area (Å²) in [6.45, 7) is 3.95. The van der Waals surface area contributed by atoms with E-state index in [1.54, 1.807) is 24.3 Å². The lowest BCUT2D eigenvalue weighted by molar-refractivity contribution is -0.113. The molecular weight excluding hydrogens is 356 g/mol. The molecule has 0 fully saturated rings. The summed E-state index contributed by atoms with van der Waals surface area (Å²) in [5.74, 6) is -0.0407. The fraction of sp³-hybridized carbons (Fsp3) is 0.143. The Kier molecular flexibility index (Phi) is 5.84. The van der Waals surface area contributed by atoms with Gasteiger partial charge in [0.05, 0.1) is 22.7 Å². The van der Waals surface area contributed by atoms with Crippen molar-refractivity contribution in [2.45, 2.75) is 19.0 Å². The van der Waals surface area contributed by atoms with Gasteiger partial charge in [-0.15, -0.1) is 0 Å². The molecule has 0 aliphatic heterocycles. The van der Waals surface area contributed by atoms with Gasteiger partial charge in [-0.2, -0.15) is 5.26 Å². The van der Waals surface area contributed by atoms with Crippen LogP contribution in [0.5, 0.6) is 0 Å². The van der Waals surface area contributed by atoms with Crippen LogP contribution in [0.2, 0.25) is 0 Å². The van der Waals surface area contributed by atoms with Gasteiger partial charge in [-0.05, 0) is 32.0 Å². The van der Waals surface area contributed by atoms with Crippen LogP contribution in [0, 0.1) is 25.2 Å². The number of aromatic nitrogens is 2. The van der Waals surface area contributed by atoms with Gasteiger partial charge in [-0.3, -0.25) is 4.79 Å². The largest absolute Gasteiger partial charge is 0.324 e. The summed E-state index contributed by atoms with van der Waals surface area (Å²) >= 11 is 1.27. The van der Waals surface area contributed by atoms with Crippen LogP contribution in [0.4, 0.5) is 5.69 Å². The summed E-state index contributed by atoms with van der Waals surface area (Å²) in [4.78, 5) is 21.2. The molecule has 0 atom stereocenters. The van der Waals surface area contributed by atoms with Crippen LogP contribution in [-0.2, 0) is 4.79 Å².